The highest BCUT2D eigenvalue weighted by atomic mass is 32.1. The summed E-state index contributed by atoms with van der Waals surface area (Å²) >= 11 is 5.28. The van der Waals surface area contributed by atoms with E-state index in [0.29, 0.717) is 6.04 Å². The fourth-order valence-corrected chi connectivity index (χ4v) is 4.54. The molecule has 1 atom stereocenters. The quantitative estimate of drug-likeness (QED) is 0.481. The Labute approximate surface area is 192 Å². The number of hydrogen-bond acceptors (Lipinski definition) is 5. The molecule has 0 radical (unpaired) electrons. The summed E-state index contributed by atoms with van der Waals surface area (Å²) in [5, 5.41) is 7.05. The zero-order chi connectivity index (χ0) is 22.5. The summed E-state index contributed by atoms with van der Waals surface area (Å²) in [6, 6.07) is 5.09. The molecule has 1 unspecified atom stereocenters. The van der Waals surface area contributed by atoms with Crippen LogP contribution in [0.1, 0.15) is 82.4 Å². The number of ether oxygens (including phenoxy) is 1. The third-order valence-electron chi connectivity index (χ3n) is 6.21. The normalized spacial score (nSPS) is 15.1. The Bertz CT molecular complexity index is 940. The van der Waals surface area contributed by atoms with Gasteiger partial charge in [0.05, 0.1) is 35.2 Å². The third kappa shape index (κ3) is 5.00. The Morgan fingerprint density at radius 3 is 2.42 bits per heavy atom. The second-order valence-corrected chi connectivity index (χ2v) is 8.83. The van der Waals surface area contributed by atoms with Gasteiger partial charge in [-0.05, 0) is 68.7 Å². The Morgan fingerprint density at radius 1 is 1.13 bits per heavy atom. The van der Waals surface area contributed by atoms with Crippen molar-refractivity contribution >= 4 is 23.0 Å². The van der Waals surface area contributed by atoms with Crippen LogP contribution in [0.2, 0.25) is 0 Å². The molecule has 2 N–H and O–H groups in total. The molecule has 1 aromatic heterocycles. The van der Waals surface area contributed by atoms with Gasteiger partial charge >= 0.3 is 0 Å². The molecule has 6 heteroatoms. The highest BCUT2D eigenvalue weighted by molar-refractivity contribution is 7.80. The number of nitrogens with zero attached hydrogens (tertiary/aromatic N) is 2. The van der Waals surface area contributed by atoms with Crippen LogP contribution < -0.4 is 15.4 Å². The lowest BCUT2D eigenvalue weighted by Crippen LogP contribution is -2.22. The fraction of sp³-hybridized carbons (Fsp3) is 0.560. The van der Waals surface area contributed by atoms with E-state index >= 15 is 0 Å². The van der Waals surface area contributed by atoms with Crippen molar-refractivity contribution in [1.82, 2.24) is 15.3 Å². The zero-order valence-corrected chi connectivity index (χ0v) is 20.6. The van der Waals surface area contributed by atoms with Crippen LogP contribution in [0.15, 0.2) is 12.1 Å². The second-order valence-electron chi connectivity index (χ2n) is 8.22. The van der Waals surface area contributed by atoms with E-state index in [1.807, 2.05) is 6.92 Å². The molecule has 3 rings (SSSR count). The second kappa shape index (κ2) is 10.4. The van der Waals surface area contributed by atoms with Gasteiger partial charge in [-0.15, -0.1) is 0 Å². The fourth-order valence-electron chi connectivity index (χ4n) is 4.40. The Hall–Kier alpha value is -2.21. The summed E-state index contributed by atoms with van der Waals surface area (Å²) in [6.45, 7) is 10.6. The van der Waals surface area contributed by atoms with Crippen LogP contribution in [0.25, 0.3) is 11.3 Å². The van der Waals surface area contributed by atoms with Crippen LogP contribution in [0.4, 0.5) is 5.82 Å². The average Bonchev–Trinajstić information content (AvgIpc) is 3.16. The summed E-state index contributed by atoms with van der Waals surface area (Å²) in [6.07, 6.45) is 5.86. The molecule has 31 heavy (non-hydrogen) atoms. The van der Waals surface area contributed by atoms with Crippen LogP contribution in [-0.2, 0) is 19.3 Å². The summed E-state index contributed by atoms with van der Waals surface area (Å²) in [5.74, 6) is 1.78. The molecule has 5 nitrogen and oxygen atoms in total. The van der Waals surface area contributed by atoms with Gasteiger partial charge in [0.2, 0.25) is 0 Å². The van der Waals surface area contributed by atoms with Crippen molar-refractivity contribution in [3.05, 3.63) is 34.6 Å². The summed E-state index contributed by atoms with van der Waals surface area (Å²) in [5.41, 5.74) is 6.61. The van der Waals surface area contributed by atoms with Gasteiger partial charge in [-0.3, -0.25) is 0 Å². The molecule has 0 amide bonds. The van der Waals surface area contributed by atoms with Crippen LogP contribution in [-0.4, -0.2) is 28.1 Å². The predicted molar refractivity (Wildman–Crippen MR) is 133 cm³/mol. The number of aryl methyl sites for hydroxylation is 3. The zero-order valence-electron chi connectivity index (χ0n) is 19.8. The Balaban J connectivity index is 2.08. The molecule has 2 aromatic rings. The molecule has 0 fully saturated rings. The number of rotatable bonds is 9. The number of nitrogens with one attached hydrogen (secondary N) is 2. The first-order chi connectivity index (χ1) is 14.9. The average molecular weight is 441 g/mol. The monoisotopic (exact) mass is 440 g/mol. The number of aromatic nitrogens is 2. The third-order valence-corrected chi connectivity index (χ3v) is 6.33. The molecule has 1 aromatic carbocycles. The van der Waals surface area contributed by atoms with E-state index in [0.717, 1.165) is 77.7 Å². The van der Waals surface area contributed by atoms with Gasteiger partial charge in [0.25, 0.3) is 0 Å². The van der Waals surface area contributed by atoms with Gasteiger partial charge in [0.15, 0.2) is 0 Å². The van der Waals surface area contributed by atoms with Crippen molar-refractivity contribution in [1.29, 1.82) is 0 Å². The molecule has 1 aliphatic rings. The van der Waals surface area contributed by atoms with E-state index < -0.39 is 0 Å². The molecule has 0 saturated carbocycles. The molecular formula is C25H36N4OS. The van der Waals surface area contributed by atoms with Crippen LogP contribution in [0.5, 0.6) is 5.75 Å². The minimum atomic E-state index is 0.255. The highest BCUT2D eigenvalue weighted by Gasteiger charge is 2.26. The lowest BCUT2D eigenvalue weighted by molar-refractivity contribution is 0.415. The van der Waals surface area contributed by atoms with E-state index in [2.05, 4.69) is 50.5 Å². The maximum Gasteiger partial charge on any atom is 0.148 e. The predicted octanol–water partition coefficient (Wildman–Crippen LogP) is 5.80. The van der Waals surface area contributed by atoms with Crippen molar-refractivity contribution in [3.8, 4) is 17.0 Å². The van der Waals surface area contributed by atoms with Crippen molar-refractivity contribution in [2.75, 3.05) is 12.4 Å². The lowest BCUT2D eigenvalue weighted by Gasteiger charge is -2.21. The first kappa shape index (κ1) is 23.5. The topological polar surface area (TPSA) is 59.1 Å². The standard InChI is InChI=1S/C25H36N4OS/c1-7-17(8-2)27-25-21(10-4)28-24(20(9-3)29-25)19-13-16-11-12-22(26-15(5)31)18(16)14-23(19)30-6/h13-14,17,22H,7-12H2,1-6H3,(H,26,31)(H,27,29). The van der Waals surface area contributed by atoms with E-state index in [4.69, 9.17) is 26.9 Å². The molecule has 0 aliphatic heterocycles. The molecule has 0 spiro atoms. The smallest absolute Gasteiger partial charge is 0.148 e. The molecule has 0 saturated heterocycles. The first-order valence-electron chi connectivity index (χ1n) is 11.6. The molecular weight excluding hydrogens is 404 g/mol. The number of anilines is 1. The van der Waals surface area contributed by atoms with Gasteiger partial charge < -0.3 is 15.4 Å². The summed E-state index contributed by atoms with van der Waals surface area (Å²) < 4.78 is 5.84. The lowest BCUT2D eigenvalue weighted by atomic mass is 9.99. The molecule has 168 valence electrons. The van der Waals surface area contributed by atoms with Gasteiger partial charge in [-0.1, -0.05) is 39.9 Å². The largest absolute Gasteiger partial charge is 0.496 e. The van der Waals surface area contributed by atoms with Crippen molar-refractivity contribution < 1.29 is 4.74 Å². The molecule has 0 bridgehead atoms. The number of thiocarbonyl (C=S) groups is 1. The minimum Gasteiger partial charge on any atom is -0.496 e. The van der Waals surface area contributed by atoms with Gasteiger partial charge in [-0.2, -0.15) is 0 Å². The number of benzene rings is 1. The SMILES string of the molecule is CCc1nc(-c2cc3c(cc2OC)C(NC(C)=S)CC3)c(CC)nc1NC(CC)CC. The van der Waals surface area contributed by atoms with E-state index in [-0.39, 0.29) is 6.04 Å². The summed E-state index contributed by atoms with van der Waals surface area (Å²) in [4.78, 5) is 11.0. The number of methoxy groups -OCH3 is 1. The van der Waals surface area contributed by atoms with Gasteiger partial charge in [0.1, 0.15) is 11.6 Å². The van der Waals surface area contributed by atoms with E-state index in [9.17, 15) is 0 Å². The molecule has 1 aliphatic carbocycles. The van der Waals surface area contributed by atoms with Gasteiger partial charge in [-0.25, -0.2) is 9.97 Å². The van der Waals surface area contributed by atoms with Crippen LogP contribution in [0, 0.1) is 0 Å². The minimum absolute atomic E-state index is 0.255. The Kier molecular flexibility index (Phi) is 7.87. The van der Waals surface area contributed by atoms with E-state index in [1.54, 1.807) is 7.11 Å². The van der Waals surface area contributed by atoms with E-state index in [1.165, 1.54) is 11.1 Å². The molecule has 1 heterocycles. The first-order valence-corrected chi connectivity index (χ1v) is 12.0. The van der Waals surface area contributed by atoms with Crippen LogP contribution >= 0.6 is 12.2 Å². The summed E-state index contributed by atoms with van der Waals surface area (Å²) in [7, 11) is 1.73. The maximum absolute atomic E-state index is 5.84. The Morgan fingerprint density at radius 2 is 1.84 bits per heavy atom. The van der Waals surface area contributed by atoms with Crippen molar-refractivity contribution in [2.24, 2.45) is 0 Å². The van der Waals surface area contributed by atoms with Crippen molar-refractivity contribution in [2.45, 2.75) is 85.2 Å². The highest BCUT2D eigenvalue weighted by Crippen LogP contribution is 2.40. The van der Waals surface area contributed by atoms with Crippen molar-refractivity contribution in [3.63, 3.8) is 0 Å². The van der Waals surface area contributed by atoms with Crippen LogP contribution in [0.3, 0.4) is 0 Å². The number of fused-ring (bicyclic) bond motifs is 1. The maximum atomic E-state index is 5.84. The number of hydrogen-bond donors (Lipinski definition) is 2. The van der Waals surface area contributed by atoms with Gasteiger partial charge in [0, 0.05) is 11.6 Å².